The molecule has 2 N–H and O–H groups in total. The molecule has 7 nitrogen and oxygen atoms in total. The monoisotopic (exact) mass is 325 g/mol. The summed E-state index contributed by atoms with van der Waals surface area (Å²) < 4.78 is 1.91. The molecule has 0 radical (unpaired) electrons. The third-order valence-electron chi connectivity index (χ3n) is 2.55. The summed E-state index contributed by atoms with van der Waals surface area (Å²) in [5, 5.41) is 18.7. The fourth-order valence-electron chi connectivity index (χ4n) is 1.47. The normalized spacial score (nSPS) is 11.6. The molecule has 0 aliphatic heterocycles. The topological polar surface area (TPSA) is 99.9 Å². The fourth-order valence-corrected chi connectivity index (χ4v) is 1.98. The van der Waals surface area contributed by atoms with Gasteiger partial charge in [0.15, 0.2) is 0 Å². The van der Waals surface area contributed by atoms with Gasteiger partial charge in [0.25, 0.3) is 5.69 Å². The van der Waals surface area contributed by atoms with E-state index < -0.39 is 10.5 Å². The van der Waals surface area contributed by atoms with Gasteiger partial charge in [0.05, 0.1) is 26.8 Å². The number of nitrogens with two attached hydrogens (primary N) is 1. The van der Waals surface area contributed by atoms with Crippen molar-refractivity contribution >= 4 is 21.6 Å². The highest BCUT2D eigenvalue weighted by molar-refractivity contribution is 9.10. The molecule has 2 aromatic rings. The van der Waals surface area contributed by atoms with Crippen LogP contribution in [0.3, 0.4) is 0 Å². The second-order valence-electron chi connectivity index (χ2n) is 4.66. The molecular formula is C11H12BrN5O2. The molecule has 8 heteroatoms. The van der Waals surface area contributed by atoms with Crippen molar-refractivity contribution in [3.05, 3.63) is 44.7 Å². The first-order chi connectivity index (χ1) is 8.79. The Morgan fingerprint density at radius 3 is 2.63 bits per heavy atom. The van der Waals surface area contributed by atoms with Crippen molar-refractivity contribution in [2.75, 3.05) is 0 Å². The van der Waals surface area contributed by atoms with Crippen LogP contribution in [0.4, 0.5) is 5.69 Å². The van der Waals surface area contributed by atoms with Crippen molar-refractivity contribution in [3.8, 4) is 5.69 Å². The first-order valence-corrected chi connectivity index (χ1v) is 6.24. The molecule has 0 aliphatic rings. The summed E-state index contributed by atoms with van der Waals surface area (Å²) in [6.45, 7) is 3.65. The Morgan fingerprint density at radius 2 is 2.16 bits per heavy atom. The molecule has 0 amide bonds. The maximum Gasteiger partial charge on any atom is 0.283 e. The molecular weight excluding hydrogens is 314 g/mol. The van der Waals surface area contributed by atoms with Gasteiger partial charge in [-0.25, -0.2) is 4.68 Å². The molecule has 0 saturated heterocycles. The second-order valence-corrected chi connectivity index (χ2v) is 5.52. The molecule has 0 bridgehead atoms. The zero-order valence-electron chi connectivity index (χ0n) is 10.4. The lowest BCUT2D eigenvalue weighted by Gasteiger charge is -2.13. The minimum absolute atomic E-state index is 0.00300. The van der Waals surface area contributed by atoms with Crippen LogP contribution in [-0.4, -0.2) is 19.9 Å². The van der Waals surface area contributed by atoms with Crippen LogP contribution in [-0.2, 0) is 5.54 Å². The number of nitro benzene ring substituents is 1. The van der Waals surface area contributed by atoms with Crippen molar-refractivity contribution < 1.29 is 4.92 Å². The summed E-state index contributed by atoms with van der Waals surface area (Å²) in [5.41, 5.74) is 6.65. The van der Waals surface area contributed by atoms with Crippen LogP contribution >= 0.6 is 15.9 Å². The molecule has 100 valence electrons. The van der Waals surface area contributed by atoms with E-state index in [1.165, 1.54) is 10.7 Å². The van der Waals surface area contributed by atoms with E-state index in [1.54, 1.807) is 18.3 Å². The molecule has 0 atom stereocenters. The third-order valence-corrected chi connectivity index (χ3v) is 3.18. The summed E-state index contributed by atoms with van der Waals surface area (Å²) in [4.78, 5) is 10.3. The van der Waals surface area contributed by atoms with Gasteiger partial charge >= 0.3 is 0 Å². The highest BCUT2D eigenvalue weighted by Crippen LogP contribution is 2.27. The van der Waals surface area contributed by atoms with E-state index in [0.29, 0.717) is 15.9 Å². The van der Waals surface area contributed by atoms with Gasteiger partial charge in [-0.3, -0.25) is 10.1 Å². The Kier molecular flexibility index (Phi) is 3.38. The molecule has 0 aliphatic carbocycles. The maximum atomic E-state index is 10.7. The molecule has 0 fully saturated rings. The Hall–Kier alpha value is -1.80. The minimum atomic E-state index is -0.587. The quantitative estimate of drug-likeness (QED) is 0.688. The molecule has 0 unspecified atom stereocenters. The Balaban J connectivity index is 2.40. The summed E-state index contributed by atoms with van der Waals surface area (Å²) in [7, 11) is 0. The van der Waals surface area contributed by atoms with Gasteiger partial charge in [-0.2, -0.15) is 0 Å². The highest BCUT2D eigenvalue weighted by Gasteiger charge is 2.19. The number of hydrogen-bond donors (Lipinski definition) is 1. The number of aromatic nitrogens is 3. The van der Waals surface area contributed by atoms with Gasteiger partial charge in [-0.1, -0.05) is 5.21 Å². The Labute approximate surface area is 117 Å². The largest absolute Gasteiger partial charge is 0.320 e. The lowest BCUT2D eigenvalue weighted by Crippen LogP contribution is -2.29. The van der Waals surface area contributed by atoms with Crippen LogP contribution in [0.25, 0.3) is 5.69 Å². The van der Waals surface area contributed by atoms with E-state index in [0.717, 1.165) is 0 Å². The molecule has 2 rings (SSSR count). The Bertz CT molecular complexity index is 632. The standard InChI is InChI=1S/C11H12BrN5O2/c1-11(2,13)10-6-16(15-14-10)7-3-4-9(17(18)19)8(12)5-7/h3-6H,13H2,1-2H3. The van der Waals surface area contributed by atoms with Gasteiger partial charge in [-0.15, -0.1) is 5.10 Å². The molecule has 0 spiro atoms. The minimum Gasteiger partial charge on any atom is -0.320 e. The predicted octanol–water partition coefficient (Wildman–Crippen LogP) is 2.13. The first-order valence-electron chi connectivity index (χ1n) is 5.45. The molecule has 1 heterocycles. The molecule has 1 aromatic carbocycles. The fraction of sp³-hybridized carbons (Fsp3) is 0.273. The van der Waals surface area contributed by atoms with Crippen LogP contribution in [0.1, 0.15) is 19.5 Å². The van der Waals surface area contributed by atoms with E-state index in [1.807, 2.05) is 13.8 Å². The van der Waals surface area contributed by atoms with Gasteiger partial charge < -0.3 is 5.73 Å². The zero-order chi connectivity index (χ0) is 14.2. The lowest BCUT2D eigenvalue weighted by molar-refractivity contribution is -0.385. The van der Waals surface area contributed by atoms with Crippen LogP contribution in [0.5, 0.6) is 0 Å². The van der Waals surface area contributed by atoms with E-state index in [2.05, 4.69) is 26.2 Å². The number of benzene rings is 1. The number of nitro groups is 1. The van der Waals surface area contributed by atoms with E-state index in [9.17, 15) is 10.1 Å². The van der Waals surface area contributed by atoms with Crippen LogP contribution in [0, 0.1) is 10.1 Å². The van der Waals surface area contributed by atoms with Crippen molar-refractivity contribution in [2.24, 2.45) is 5.73 Å². The number of hydrogen-bond acceptors (Lipinski definition) is 5. The zero-order valence-corrected chi connectivity index (χ0v) is 12.0. The molecule has 1 aromatic heterocycles. The third kappa shape index (κ3) is 2.79. The summed E-state index contributed by atoms with van der Waals surface area (Å²) in [5.74, 6) is 0. The smallest absolute Gasteiger partial charge is 0.283 e. The highest BCUT2D eigenvalue weighted by atomic mass is 79.9. The molecule has 0 saturated carbocycles. The second kappa shape index (κ2) is 4.71. The van der Waals surface area contributed by atoms with Crippen molar-refractivity contribution in [1.29, 1.82) is 0 Å². The van der Waals surface area contributed by atoms with E-state index in [-0.39, 0.29) is 5.69 Å². The van der Waals surface area contributed by atoms with Crippen LogP contribution in [0.15, 0.2) is 28.9 Å². The number of halogens is 1. The van der Waals surface area contributed by atoms with Crippen molar-refractivity contribution in [3.63, 3.8) is 0 Å². The summed E-state index contributed by atoms with van der Waals surface area (Å²) >= 11 is 3.16. The maximum absolute atomic E-state index is 10.7. The van der Waals surface area contributed by atoms with Crippen LogP contribution < -0.4 is 5.73 Å². The van der Waals surface area contributed by atoms with Gasteiger partial charge in [0.1, 0.15) is 5.69 Å². The van der Waals surface area contributed by atoms with Gasteiger partial charge in [0, 0.05) is 6.07 Å². The lowest BCUT2D eigenvalue weighted by atomic mass is 10.0. The van der Waals surface area contributed by atoms with Crippen molar-refractivity contribution in [1.82, 2.24) is 15.0 Å². The average molecular weight is 326 g/mol. The summed E-state index contributed by atoms with van der Waals surface area (Å²) in [6, 6.07) is 4.62. The Morgan fingerprint density at radius 1 is 1.47 bits per heavy atom. The molecule has 19 heavy (non-hydrogen) atoms. The van der Waals surface area contributed by atoms with Gasteiger partial charge in [0.2, 0.25) is 0 Å². The van der Waals surface area contributed by atoms with Gasteiger partial charge in [-0.05, 0) is 41.9 Å². The van der Waals surface area contributed by atoms with Crippen LogP contribution in [0.2, 0.25) is 0 Å². The van der Waals surface area contributed by atoms with E-state index in [4.69, 9.17) is 5.73 Å². The number of rotatable bonds is 3. The van der Waals surface area contributed by atoms with E-state index >= 15 is 0 Å². The predicted molar refractivity (Wildman–Crippen MR) is 72.9 cm³/mol. The average Bonchev–Trinajstić information content (AvgIpc) is 2.76. The number of nitrogens with zero attached hydrogens (tertiary/aromatic N) is 4. The SMILES string of the molecule is CC(C)(N)c1cn(-c2ccc([N+](=O)[O-])c(Br)c2)nn1. The summed E-state index contributed by atoms with van der Waals surface area (Å²) in [6.07, 6.45) is 1.70. The first kappa shape index (κ1) is 13.6. The van der Waals surface area contributed by atoms with Crippen molar-refractivity contribution in [2.45, 2.75) is 19.4 Å².